The number of amides is 1. The number of nitrogens with one attached hydrogen (secondary N) is 1. The van der Waals surface area contributed by atoms with Crippen LogP contribution in [0, 0.1) is 0 Å². The second kappa shape index (κ2) is 8.85. The van der Waals surface area contributed by atoms with Crippen LogP contribution in [0.2, 0.25) is 0 Å². The van der Waals surface area contributed by atoms with Crippen molar-refractivity contribution in [3.05, 3.63) is 89.5 Å². The van der Waals surface area contributed by atoms with Crippen molar-refractivity contribution in [2.45, 2.75) is 32.5 Å². The summed E-state index contributed by atoms with van der Waals surface area (Å²) in [5.74, 6) is -0.0322. The van der Waals surface area contributed by atoms with Gasteiger partial charge in [0.2, 0.25) is 0 Å². The molecule has 0 saturated carbocycles. The van der Waals surface area contributed by atoms with Crippen LogP contribution in [0.1, 0.15) is 39.9 Å². The fourth-order valence-corrected chi connectivity index (χ4v) is 3.60. The first kappa shape index (κ1) is 18.4. The molecule has 2 aromatic carbocycles. The van der Waals surface area contributed by atoms with Crippen molar-refractivity contribution in [2.75, 3.05) is 13.1 Å². The second-order valence-corrected chi connectivity index (χ2v) is 7.41. The van der Waals surface area contributed by atoms with Gasteiger partial charge in [-0.3, -0.25) is 9.69 Å². The molecule has 0 bridgehead atoms. The highest BCUT2D eigenvalue weighted by Crippen LogP contribution is 2.13. The number of hydrogen-bond acceptors (Lipinski definition) is 3. The van der Waals surface area contributed by atoms with E-state index in [9.17, 15) is 4.79 Å². The SMILES string of the molecule is O=C(NCc1ccc(Cn2ccnc2)cc1)c1ccc(CN2CCCC2)cc1. The predicted molar refractivity (Wildman–Crippen MR) is 110 cm³/mol. The summed E-state index contributed by atoms with van der Waals surface area (Å²) in [6.07, 6.45) is 8.13. The van der Waals surface area contributed by atoms with Crippen LogP contribution in [0.3, 0.4) is 0 Å². The van der Waals surface area contributed by atoms with Gasteiger partial charge in [-0.15, -0.1) is 0 Å². The maximum absolute atomic E-state index is 12.4. The highest BCUT2D eigenvalue weighted by molar-refractivity contribution is 5.94. The Morgan fingerprint density at radius 3 is 2.21 bits per heavy atom. The van der Waals surface area contributed by atoms with Gasteiger partial charge in [-0.25, -0.2) is 4.98 Å². The molecule has 5 heteroatoms. The molecule has 28 heavy (non-hydrogen) atoms. The molecule has 0 radical (unpaired) electrons. The molecule has 1 amide bonds. The Morgan fingerprint density at radius 1 is 0.893 bits per heavy atom. The summed E-state index contributed by atoms with van der Waals surface area (Å²) in [6, 6.07) is 16.3. The van der Waals surface area contributed by atoms with E-state index < -0.39 is 0 Å². The molecule has 0 aliphatic carbocycles. The molecule has 1 N–H and O–H groups in total. The number of rotatable bonds is 7. The van der Waals surface area contributed by atoms with Gasteiger partial charge in [0.25, 0.3) is 5.91 Å². The van der Waals surface area contributed by atoms with Crippen LogP contribution in [-0.2, 0) is 19.6 Å². The van der Waals surface area contributed by atoms with E-state index in [1.807, 2.05) is 29.2 Å². The Bertz CT molecular complexity index is 879. The van der Waals surface area contributed by atoms with Crippen LogP contribution in [-0.4, -0.2) is 33.4 Å². The smallest absolute Gasteiger partial charge is 0.251 e. The number of aromatic nitrogens is 2. The van der Waals surface area contributed by atoms with Crippen molar-refractivity contribution in [1.29, 1.82) is 0 Å². The van der Waals surface area contributed by atoms with Gasteiger partial charge >= 0.3 is 0 Å². The summed E-state index contributed by atoms with van der Waals surface area (Å²) in [6.45, 7) is 4.68. The maximum Gasteiger partial charge on any atom is 0.251 e. The number of carbonyl (C=O) groups is 1. The van der Waals surface area contributed by atoms with Crippen molar-refractivity contribution in [3.63, 3.8) is 0 Å². The lowest BCUT2D eigenvalue weighted by molar-refractivity contribution is 0.0951. The molecule has 0 spiro atoms. The van der Waals surface area contributed by atoms with Gasteiger partial charge < -0.3 is 9.88 Å². The molecule has 4 rings (SSSR count). The highest BCUT2D eigenvalue weighted by atomic mass is 16.1. The zero-order valence-corrected chi connectivity index (χ0v) is 16.1. The molecule has 2 heterocycles. The average Bonchev–Trinajstić information content (AvgIpc) is 3.42. The lowest BCUT2D eigenvalue weighted by Gasteiger charge is -2.14. The zero-order chi connectivity index (χ0) is 19.2. The van der Waals surface area contributed by atoms with Gasteiger partial charge in [0.05, 0.1) is 6.33 Å². The topological polar surface area (TPSA) is 50.2 Å². The first-order valence-electron chi connectivity index (χ1n) is 9.89. The lowest BCUT2D eigenvalue weighted by Crippen LogP contribution is -2.23. The van der Waals surface area contributed by atoms with Gasteiger partial charge in [-0.05, 0) is 54.8 Å². The van der Waals surface area contributed by atoms with Crippen LogP contribution in [0.5, 0.6) is 0 Å². The lowest BCUT2D eigenvalue weighted by atomic mass is 10.1. The number of carbonyl (C=O) groups excluding carboxylic acids is 1. The molecule has 3 aromatic rings. The third-order valence-electron chi connectivity index (χ3n) is 5.22. The van der Waals surface area contributed by atoms with Gasteiger partial charge in [-0.2, -0.15) is 0 Å². The summed E-state index contributed by atoms with van der Waals surface area (Å²) in [5.41, 5.74) is 4.28. The number of nitrogens with zero attached hydrogens (tertiary/aromatic N) is 3. The minimum absolute atomic E-state index is 0.0322. The first-order chi connectivity index (χ1) is 13.8. The average molecular weight is 374 g/mol. The van der Waals surface area contributed by atoms with E-state index >= 15 is 0 Å². The van der Waals surface area contributed by atoms with Crippen LogP contribution < -0.4 is 5.32 Å². The molecule has 144 valence electrons. The fourth-order valence-electron chi connectivity index (χ4n) is 3.60. The minimum atomic E-state index is -0.0322. The van der Waals surface area contributed by atoms with Crippen LogP contribution in [0.25, 0.3) is 0 Å². The van der Waals surface area contributed by atoms with E-state index in [0.29, 0.717) is 12.1 Å². The highest BCUT2D eigenvalue weighted by Gasteiger charge is 2.12. The standard InChI is InChI=1S/C23H26N4O/c28-23(22-9-7-21(8-10-22)16-26-12-1-2-13-26)25-15-19-3-5-20(6-4-19)17-27-14-11-24-18-27/h3-11,14,18H,1-2,12-13,15-17H2,(H,25,28). The summed E-state index contributed by atoms with van der Waals surface area (Å²) in [5, 5.41) is 3.01. The zero-order valence-electron chi connectivity index (χ0n) is 16.1. The van der Waals surface area contributed by atoms with E-state index in [1.165, 1.54) is 37.1 Å². The minimum Gasteiger partial charge on any atom is -0.348 e. The number of benzene rings is 2. The van der Waals surface area contributed by atoms with Gasteiger partial charge in [0, 0.05) is 37.6 Å². The fraction of sp³-hybridized carbons (Fsp3) is 0.304. The predicted octanol–water partition coefficient (Wildman–Crippen LogP) is 3.46. The summed E-state index contributed by atoms with van der Waals surface area (Å²) < 4.78 is 2.03. The van der Waals surface area contributed by atoms with Crippen LogP contribution >= 0.6 is 0 Å². The van der Waals surface area contributed by atoms with E-state index in [-0.39, 0.29) is 5.91 Å². The normalized spacial score (nSPS) is 14.3. The van der Waals surface area contributed by atoms with Crippen molar-refractivity contribution in [3.8, 4) is 0 Å². The van der Waals surface area contributed by atoms with Crippen LogP contribution in [0.4, 0.5) is 0 Å². The van der Waals surface area contributed by atoms with Gasteiger partial charge in [0.15, 0.2) is 0 Å². The molecule has 5 nitrogen and oxygen atoms in total. The van der Waals surface area contributed by atoms with Crippen molar-refractivity contribution in [1.82, 2.24) is 19.8 Å². The quantitative estimate of drug-likeness (QED) is 0.689. The summed E-state index contributed by atoms with van der Waals surface area (Å²) >= 11 is 0. The Kier molecular flexibility index (Phi) is 5.83. The van der Waals surface area contributed by atoms with E-state index in [1.54, 1.807) is 6.20 Å². The molecule has 1 saturated heterocycles. The number of likely N-dealkylation sites (tertiary alicyclic amines) is 1. The molecular formula is C23H26N4O. The summed E-state index contributed by atoms with van der Waals surface area (Å²) in [7, 11) is 0. The summed E-state index contributed by atoms with van der Waals surface area (Å²) in [4.78, 5) is 18.9. The molecule has 1 aliphatic rings. The Morgan fingerprint density at radius 2 is 1.54 bits per heavy atom. The van der Waals surface area contributed by atoms with E-state index in [0.717, 1.165) is 18.7 Å². The molecular weight excluding hydrogens is 348 g/mol. The molecule has 0 atom stereocenters. The third-order valence-corrected chi connectivity index (χ3v) is 5.22. The van der Waals surface area contributed by atoms with E-state index in [4.69, 9.17) is 0 Å². The number of hydrogen-bond donors (Lipinski definition) is 1. The number of imidazole rings is 1. The van der Waals surface area contributed by atoms with Crippen molar-refractivity contribution < 1.29 is 4.79 Å². The largest absolute Gasteiger partial charge is 0.348 e. The van der Waals surface area contributed by atoms with Crippen LogP contribution in [0.15, 0.2) is 67.3 Å². The molecule has 1 aromatic heterocycles. The molecule has 1 fully saturated rings. The second-order valence-electron chi connectivity index (χ2n) is 7.41. The molecule has 1 aliphatic heterocycles. The Hall–Kier alpha value is -2.92. The van der Waals surface area contributed by atoms with E-state index in [2.05, 4.69) is 51.6 Å². The Balaban J connectivity index is 1.27. The maximum atomic E-state index is 12.4. The van der Waals surface area contributed by atoms with Crippen molar-refractivity contribution in [2.24, 2.45) is 0 Å². The Labute approximate surface area is 166 Å². The van der Waals surface area contributed by atoms with Gasteiger partial charge in [-0.1, -0.05) is 36.4 Å². The third kappa shape index (κ3) is 4.87. The van der Waals surface area contributed by atoms with Gasteiger partial charge in [0.1, 0.15) is 0 Å². The molecule has 0 unspecified atom stereocenters. The first-order valence-corrected chi connectivity index (χ1v) is 9.89. The van der Waals surface area contributed by atoms with Crippen molar-refractivity contribution >= 4 is 5.91 Å². The monoisotopic (exact) mass is 374 g/mol.